The van der Waals surface area contributed by atoms with E-state index < -0.39 is 18.5 Å². The van der Waals surface area contributed by atoms with E-state index in [1.807, 2.05) is 0 Å². The first-order valence-corrected chi connectivity index (χ1v) is 9.28. The average Bonchev–Trinajstić information content (AvgIpc) is 3.13. The quantitative estimate of drug-likeness (QED) is 0.508. The molecule has 1 aliphatic rings. The molecule has 1 amide bonds. The Morgan fingerprint density at radius 3 is 2.48 bits per heavy atom. The Balaban J connectivity index is 1.64. The molecule has 1 aliphatic heterocycles. The number of ketones is 1. The summed E-state index contributed by atoms with van der Waals surface area (Å²) in [5, 5.41) is 0.510. The maximum Gasteiger partial charge on any atom is 0.311 e. The molecule has 2 aromatic carbocycles. The van der Waals surface area contributed by atoms with Gasteiger partial charge in [-0.15, -0.1) is 0 Å². The fourth-order valence-corrected chi connectivity index (χ4v) is 3.21. The van der Waals surface area contributed by atoms with Gasteiger partial charge in [0.25, 0.3) is 0 Å². The summed E-state index contributed by atoms with van der Waals surface area (Å²) in [6.45, 7) is -0.260. The second-order valence-electron chi connectivity index (χ2n) is 6.48. The van der Waals surface area contributed by atoms with E-state index in [0.29, 0.717) is 27.8 Å². The van der Waals surface area contributed by atoms with Crippen LogP contribution in [0.5, 0.6) is 11.5 Å². The van der Waals surface area contributed by atoms with Gasteiger partial charge in [-0.2, -0.15) is 0 Å². The number of methoxy groups -OCH3 is 2. The van der Waals surface area contributed by atoms with Gasteiger partial charge in [0.05, 0.1) is 25.8 Å². The fraction of sp³-hybridized carbons (Fsp3) is 0.286. The van der Waals surface area contributed by atoms with Gasteiger partial charge in [0.1, 0.15) is 11.5 Å². The van der Waals surface area contributed by atoms with Gasteiger partial charge in [0, 0.05) is 29.6 Å². The van der Waals surface area contributed by atoms with Crippen molar-refractivity contribution in [1.29, 1.82) is 0 Å². The fourth-order valence-electron chi connectivity index (χ4n) is 3.08. The SMILES string of the molecule is COc1ccc(OC)c(N2C[C@@H](C(=O)OCC(=O)c3ccc(Cl)cc3)CC2=O)c1. The molecule has 29 heavy (non-hydrogen) atoms. The van der Waals surface area contributed by atoms with Gasteiger partial charge in [-0.05, 0) is 36.4 Å². The highest BCUT2D eigenvalue weighted by Gasteiger charge is 2.37. The minimum absolute atomic E-state index is 0.00562. The number of hydrogen-bond donors (Lipinski definition) is 0. The third kappa shape index (κ3) is 4.68. The number of nitrogens with zero attached hydrogens (tertiary/aromatic N) is 1. The van der Waals surface area contributed by atoms with Crippen LogP contribution >= 0.6 is 11.6 Å². The van der Waals surface area contributed by atoms with Crippen LogP contribution in [0, 0.1) is 5.92 Å². The molecular weight excluding hydrogens is 398 g/mol. The summed E-state index contributed by atoms with van der Waals surface area (Å²) in [5.41, 5.74) is 0.914. The smallest absolute Gasteiger partial charge is 0.311 e. The van der Waals surface area contributed by atoms with Crippen molar-refractivity contribution in [2.24, 2.45) is 5.92 Å². The van der Waals surface area contributed by atoms with Gasteiger partial charge in [-0.1, -0.05) is 11.6 Å². The lowest BCUT2D eigenvalue weighted by Crippen LogP contribution is -2.27. The molecule has 7 nitrogen and oxygen atoms in total. The number of ether oxygens (including phenoxy) is 3. The van der Waals surface area contributed by atoms with Crippen molar-refractivity contribution in [2.75, 3.05) is 32.3 Å². The average molecular weight is 418 g/mol. The molecule has 1 fully saturated rings. The molecule has 0 saturated carbocycles. The lowest BCUT2D eigenvalue weighted by atomic mass is 10.1. The number of benzene rings is 2. The summed E-state index contributed by atoms with van der Waals surface area (Å²) in [7, 11) is 3.02. The van der Waals surface area contributed by atoms with Crippen LogP contribution in [0.4, 0.5) is 5.69 Å². The first-order chi connectivity index (χ1) is 13.9. The van der Waals surface area contributed by atoms with Crippen LogP contribution in [0.25, 0.3) is 0 Å². The Morgan fingerprint density at radius 1 is 1.10 bits per heavy atom. The van der Waals surface area contributed by atoms with Gasteiger partial charge >= 0.3 is 5.97 Å². The normalized spacial score (nSPS) is 15.9. The summed E-state index contributed by atoms with van der Waals surface area (Å²) in [6, 6.07) is 11.4. The number of halogens is 1. The van der Waals surface area contributed by atoms with Crippen molar-refractivity contribution in [3.05, 3.63) is 53.1 Å². The monoisotopic (exact) mass is 417 g/mol. The number of carbonyl (C=O) groups is 3. The molecule has 152 valence electrons. The molecule has 0 unspecified atom stereocenters. The van der Waals surface area contributed by atoms with Gasteiger partial charge in [0.15, 0.2) is 12.4 Å². The Hall–Kier alpha value is -3.06. The second-order valence-corrected chi connectivity index (χ2v) is 6.92. The Morgan fingerprint density at radius 2 is 1.83 bits per heavy atom. The topological polar surface area (TPSA) is 82.1 Å². The number of carbonyl (C=O) groups excluding carboxylic acids is 3. The summed E-state index contributed by atoms with van der Waals surface area (Å²) in [4.78, 5) is 38.5. The first-order valence-electron chi connectivity index (χ1n) is 8.90. The van der Waals surface area contributed by atoms with Gasteiger partial charge in [0.2, 0.25) is 5.91 Å². The van der Waals surface area contributed by atoms with E-state index in [4.69, 9.17) is 25.8 Å². The maximum atomic E-state index is 12.5. The molecule has 0 spiro atoms. The number of esters is 1. The zero-order chi connectivity index (χ0) is 21.0. The Kier molecular flexibility index (Phi) is 6.39. The predicted octanol–water partition coefficient (Wildman–Crippen LogP) is 3.14. The molecule has 0 bridgehead atoms. The molecule has 1 heterocycles. The van der Waals surface area contributed by atoms with Crippen molar-refractivity contribution in [3.63, 3.8) is 0 Å². The van der Waals surface area contributed by atoms with Crippen LogP contribution in [0.2, 0.25) is 5.02 Å². The molecule has 0 aliphatic carbocycles. The molecular formula is C21H20ClNO6. The zero-order valence-corrected chi connectivity index (χ0v) is 16.8. The zero-order valence-electron chi connectivity index (χ0n) is 16.0. The summed E-state index contributed by atoms with van der Waals surface area (Å²) >= 11 is 5.80. The third-order valence-corrected chi connectivity index (χ3v) is 4.90. The number of hydrogen-bond acceptors (Lipinski definition) is 6. The molecule has 0 radical (unpaired) electrons. The van der Waals surface area contributed by atoms with E-state index >= 15 is 0 Å². The van der Waals surface area contributed by atoms with Crippen LogP contribution in [-0.2, 0) is 14.3 Å². The Bertz CT molecular complexity index is 927. The van der Waals surface area contributed by atoms with Crippen molar-refractivity contribution in [2.45, 2.75) is 6.42 Å². The van der Waals surface area contributed by atoms with E-state index in [1.165, 1.54) is 19.1 Å². The molecule has 8 heteroatoms. The van der Waals surface area contributed by atoms with Crippen molar-refractivity contribution in [1.82, 2.24) is 0 Å². The minimum atomic E-state index is -0.670. The number of amides is 1. The van der Waals surface area contributed by atoms with Gasteiger partial charge in [-0.25, -0.2) is 0 Å². The molecule has 0 aromatic heterocycles. The molecule has 3 rings (SSSR count). The summed E-state index contributed by atoms with van der Waals surface area (Å²) in [5.74, 6) is -0.783. The minimum Gasteiger partial charge on any atom is -0.497 e. The van der Waals surface area contributed by atoms with E-state index in [9.17, 15) is 14.4 Å². The molecule has 1 atom stereocenters. The maximum absolute atomic E-state index is 12.5. The highest BCUT2D eigenvalue weighted by molar-refractivity contribution is 6.30. The van der Waals surface area contributed by atoms with E-state index in [0.717, 1.165) is 0 Å². The van der Waals surface area contributed by atoms with Gasteiger partial charge in [-0.3, -0.25) is 14.4 Å². The first kappa shape index (κ1) is 20.7. The number of rotatable bonds is 7. The van der Waals surface area contributed by atoms with Crippen LogP contribution in [0.3, 0.4) is 0 Å². The largest absolute Gasteiger partial charge is 0.497 e. The van der Waals surface area contributed by atoms with Crippen LogP contribution in [0.1, 0.15) is 16.8 Å². The van der Waals surface area contributed by atoms with Crippen LogP contribution in [-0.4, -0.2) is 45.0 Å². The summed E-state index contributed by atoms with van der Waals surface area (Å²) in [6.07, 6.45) is -0.00562. The predicted molar refractivity (Wildman–Crippen MR) is 107 cm³/mol. The van der Waals surface area contributed by atoms with Crippen molar-refractivity contribution in [3.8, 4) is 11.5 Å². The second kappa shape index (κ2) is 8.96. The Labute approximate surface area is 173 Å². The third-order valence-electron chi connectivity index (χ3n) is 4.65. The van der Waals surface area contributed by atoms with E-state index in [-0.39, 0.29) is 24.7 Å². The van der Waals surface area contributed by atoms with Crippen molar-refractivity contribution >= 4 is 34.9 Å². The number of anilines is 1. The molecule has 2 aromatic rings. The lowest BCUT2D eigenvalue weighted by Gasteiger charge is -2.20. The van der Waals surface area contributed by atoms with Crippen molar-refractivity contribution < 1.29 is 28.6 Å². The lowest BCUT2D eigenvalue weighted by molar-refractivity contribution is -0.147. The molecule has 0 N–H and O–H groups in total. The summed E-state index contributed by atoms with van der Waals surface area (Å²) < 4.78 is 15.7. The highest BCUT2D eigenvalue weighted by Crippen LogP contribution is 2.36. The highest BCUT2D eigenvalue weighted by atomic mass is 35.5. The standard InChI is InChI=1S/C21H20ClNO6/c1-27-16-7-8-19(28-2)17(10-16)23-11-14(9-20(23)25)21(26)29-12-18(24)13-3-5-15(22)6-4-13/h3-8,10,14H,9,11-12H2,1-2H3/t14-/m0/s1. The number of Topliss-reactive ketones (excluding diaryl/α,β-unsaturated/α-hetero) is 1. The van der Waals surface area contributed by atoms with Crippen LogP contribution < -0.4 is 14.4 Å². The molecule has 1 saturated heterocycles. The van der Waals surface area contributed by atoms with E-state index in [1.54, 1.807) is 42.5 Å². The van der Waals surface area contributed by atoms with Crippen LogP contribution in [0.15, 0.2) is 42.5 Å². The van der Waals surface area contributed by atoms with E-state index in [2.05, 4.69) is 0 Å². The van der Waals surface area contributed by atoms with Gasteiger partial charge < -0.3 is 19.1 Å².